The van der Waals surface area contributed by atoms with E-state index in [1.807, 2.05) is 0 Å². The van der Waals surface area contributed by atoms with E-state index in [0.29, 0.717) is 0 Å². The topological polar surface area (TPSA) is 19.0 Å². The third kappa shape index (κ3) is 2.38. The summed E-state index contributed by atoms with van der Waals surface area (Å²) in [4.78, 5) is 5.75. The molecule has 0 fully saturated rings. The van der Waals surface area contributed by atoms with Crippen LogP contribution in [0.5, 0.6) is 0 Å². The van der Waals surface area contributed by atoms with Crippen LogP contribution in [0.15, 0.2) is 30.3 Å². The van der Waals surface area contributed by atoms with Crippen molar-refractivity contribution in [1.29, 1.82) is 0 Å². The van der Waals surface area contributed by atoms with Crippen LogP contribution in [0, 0.1) is 0 Å². The molecule has 0 spiro atoms. The van der Waals surface area contributed by atoms with Gasteiger partial charge in [0.1, 0.15) is 5.82 Å². The highest BCUT2D eigenvalue weighted by Crippen LogP contribution is 2.20. The Hall–Kier alpha value is -1.44. The molecule has 1 N–H and O–H groups in total. The van der Waals surface area contributed by atoms with E-state index in [-0.39, 0.29) is 0 Å². The molecule has 2 nitrogen and oxygen atoms in total. The van der Waals surface area contributed by atoms with Crippen LogP contribution in [0.25, 0.3) is 10.9 Å². The molecule has 2 heteroatoms. The highest BCUT2D eigenvalue weighted by Gasteiger charge is 2.04. The van der Waals surface area contributed by atoms with Crippen molar-refractivity contribution in [2.45, 2.75) is 26.2 Å². The number of nitrogens with one attached hydrogen (secondary N) is 1. The van der Waals surface area contributed by atoms with E-state index in [1.54, 1.807) is 0 Å². The Morgan fingerprint density at radius 2 is 2.00 bits per heavy atom. The molecule has 0 amide bonds. The first-order valence-corrected chi connectivity index (χ1v) is 6.10. The minimum atomic E-state index is 1.13. The maximum absolute atomic E-state index is 3.45. The number of unbranched alkanes of at least 4 members (excludes halogenated alkanes) is 2. The summed E-state index contributed by atoms with van der Waals surface area (Å²) in [5, 5.41) is 1.29. The molecule has 86 valence electrons. The number of benzene rings is 1. The van der Waals surface area contributed by atoms with Crippen LogP contribution in [0.4, 0.5) is 5.82 Å². The molecule has 0 atom stereocenters. The zero-order chi connectivity index (χ0) is 11.4. The molecule has 1 aromatic heterocycles. The van der Waals surface area contributed by atoms with Gasteiger partial charge >= 0.3 is 0 Å². The summed E-state index contributed by atoms with van der Waals surface area (Å²) in [6.07, 6.45) is 3.85. The van der Waals surface area contributed by atoms with Gasteiger partial charge in [0.25, 0.3) is 0 Å². The smallest absolute Gasteiger partial charge is 0.106 e. The summed E-state index contributed by atoms with van der Waals surface area (Å²) >= 11 is 0. The van der Waals surface area contributed by atoms with Gasteiger partial charge in [0, 0.05) is 24.5 Å². The van der Waals surface area contributed by atoms with Gasteiger partial charge in [0.2, 0.25) is 0 Å². The SMILES string of the molecule is CCCCCN(C)c1cc2ccccc2[nH]1. The highest BCUT2D eigenvalue weighted by atomic mass is 15.2. The molecule has 0 aliphatic rings. The Bertz CT molecular complexity index is 412. The lowest BCUT2D eigenvalue weighted by molar-refractivity contribution is 0.702. The van der Waals surface area contributed by atoms with Crippen LogP contribution in [0.2, 0.25) is 0 Å². The van der Waals surface area contributed by atoms with Crippen molar-refractivity contribution in [1.82, 2.24) is 4.98 Å². The molecule has 0 aliphatic heterocycles. The van der Waals surface area contributed by atoms with E-state index in [4.69, 9.17) is 0 Å². The molecule has 2 rings (SSSR count). The van der Waals surface area contributed by atoms with E-state index in [9.17, 15) is 0 Å². The van der Waals surface area contributed by atoms with Crippen LogP contribution in [-0.4, -0.2) is 18.6 Å². The lowest BCUT2D eigenvalue weighted by atomic mass is 10.2. The molecule has 1 aromatic carbocycles. The summed E-state index contributed by atoms with van der Waals surface area (Å²) < 4.78 is 0. The fourth-order valence-electron chi connectivity index (χ4n) is 1.98. The average molecular weight is 216 g/mol. The molecule has 2 aromatic rings. The van der Waals surface area contributed by atoms with Crippen LogP contribution in [-0.2, 0) is 0 Å². The maximum atomic E-state index is 3.45. The fraction of sp³-hybridized carbons (Fsp3) is 0.429. The average Bonchev–Trinajstić information content (AvgIpc) is 2.73. The number of hydrogen-bond donors (Lipinski definition) is 1. The molecule has 0 unspecified atom stereocenters. The molecular weight excluding hydrogens is 196 g/mol. The number of H-pyrrole nitrogens is 1. The van der Waals surface area contributed by atoms with Crippen LogP contribution >= 0.6 is 0 Å². The monoisotopic (exact) mass is 216 g/mol. The van der Waals surface area contributed by atoms with Crippen molar-refractivity contribution in [2.75, 3.05) is 18.5 Å². The molecule has 0 bridgehead atoms. The van der Waals surface area contributed by atoms with Gasteiger partial charge in [-0.1, -0.05) is 38.0 Å². The van der Waals surface area contributed by atoms with Gasteiger partial charge in [-0.25, -0.2) is 0 Å². The first-order chi connectivity index (χ1) is 7.81. The zero-order valence-electron chi connectivity index (χ0n) is 10.2. The van der Waals surface area contributed by atoms with E-state index < -0.39 is 0 Å². The van der Waals surface area contributed by atoms with E-state index in [1.165, 1.54) is 36.0 Å². The number of fused-ring (bicyclic) bond motifs is 1. The zero-order valence-corrected chi connectivity index (χ0v) is 10.2. The second kappa shape index (κ2) is 5.06. The van der Waals surface area contributed by atoms with Gasteiger partial charge in [-0.3, -0.25) is 0 Å². The number of hydrogen-bond acceptors (Lipinski definition) is 1. The van der Waals surface area contributed by atoms with Gasteiger partial charge < -0.3 is 9.88 Å². The third-order valence-electron chi connectivity index (χ3n) is 3.02. The van der Waals surface area contributed by atoms with Crippen LogP contribution < -0.4 is 4.90 Å². The molecular formula is C14H20N2. The quantitative estimate of drug-likeness (QED) is 0.753. The standard InChI is InChI=1S/C14H20N2/c1-3-4-7-10-16(2)14-11-12-8-5-6-9-13(12)15-14/h5-6,8-9,11,15H,3-4,7,10H2,1-2H3. The molecule has 1 heterocycles. The predicted octanol–water partition coefficient (Wildman–Crippen LogP) is 3.79. The minimum Gasteiger partial charge on any atom is -0.361 e. The van der Waals surface area contributed by atoms with Gasteiger partial charge in [-0.2, -0.15) is 0 Å². The molecule has 0 aliphatic carbocycles. The Morgan fingerprint density at radius 1 is 1.19 bits per heavy atom. The lowest BCUT2D eigenvalue weighted by Gasteiger charge is -2.16. The van der Waals surface area contributed by atoms with Crippen LogP contribution in [0.3, 0.4) is 0 Å². The molecule has 0 saturated heterocycles. The van der Waals surface area contributed by atoms with Gasteiger partial charge in [-0.15, -0.1) is 0 Å². The van der Waals surface area contributed by atoms with Crippen molar-refractivity contribution in [3.05, 3.63) is 30.3 Å². The Morgan fingerprint density at radius 3 is 2.75 bits per heavy atom. The molecule has 0 radical (unpaired) electrons. The number of aromatic amines is 1. The summed E-state index contributed by atoms with van der Waals surface area (Å²) in [6.45, 7) is 3.36. The van der Waals surface area contributed by atoms with Crippen LogP contribution in [0.1, 0.15) is 26.2 Å². The van der Waals surface area contributed by atoms with Gasteiger partial charge in [0.05, 0.1) is 0 Å². The lowest BCUT2D eigenvalue weighted by Crippen LogP contribution is -2.18. The number of aromatic nitrogens is 1. The number of para-hydroxylation sites is 1. The van der Waals surface area contributed by atoms with E-state index >= 15 is 0 Å². The highest BCUT2D eigenvalue weighted by molar-refractivity contribution is 5.83. The van der Waals surface area contributed by atoms with Crippen molar-refractivity contribution < 1.29 is 0 Å². The van der Waals surface area contributed by atoms with Gasteiger partial charge in [0.15, 0.2) is 0 Å². The number of anilines is 1. The van der Waals surface area contributed by atoms with Crippen molar-refractivity contribution >= 4 is 16.7 Å². The second-order valence-electron chi connectivity index (χ2n) is 4.37. The van der Waals surface area contributed by atoms with Crippen molar-refractivity contribution in [2.24, 2.45) is 0 Å². The maximum Gasteiger partial charge on any atom is 0.106 e. The molecule has 0 saturated carbocycles. The molecule has 16 heavy (non-hydrogen) atoms. The number of nitrogens with zero attached hydrogens (tertiary/aromatic N) is 1. The predicted molar refractivity (Wildman–Crippen MR) is 71.1 cm³/mol. The Balaban J connectivity index is 2.07. The van der Waals surface area contributed by atoms with E-state index in [2.05, 4.69) is 54.2 Å². The Kier molecular flexibility index (Phi) is 3.50. The van der Waals surface area contributed by atoms with Crippen molar-refractivity contribution in [3.63, 3.8) is 0 Å². The first kappa shape index (κ1) is 11.1. The first-order valence-electron chi connectivity index (χ1n) is 6.10. The summed E-state index contributed by atoms with van der Waals surface area (Å²) in [5.41, 5.74) is 1.22. The van der Waals surface area contributed by atoms with E-state index in [0.717, 1.165) is 6.54 Å². The third-order valence-corrected chi connectivity index (χ3v) is 3.02. The second-order valence-corrected chi connectivity index (χ2v) is 4.37. The largest absolute Gasteiger partial charge is 0.361 e. The minimum absolute atomic E-state index is 1.13. The fourth-order valence-corrected chi connectivity index (χ4v) is 1.98. The summed E-state index contributed by atoms with van der Waals surface area (Å²) in [7, 11) is 2.15. The van der Waals surface area contributed by atoms with Crippen molar-refractivity contribution in [3.8, 4) is 0 Å². The summed E-state index contributed by atoms with van der Waals surface area (Å²) in [6, 6.07) is 10.6. The number of rotatable bonds is 5. The van der Waals surface area contributed by atoms with Gasteiger partial charge in [-0.05, 0) is 18.6 Å². The normalized spacial score (nSPS) is 10.9. The summed E-state index contributed by atoms with van der Waals surface area (Å²) in [5.74, 6) is 1.22. The Labute approximate surface area is 97.3 Å².